The molecule has 0 saturated heterocycles. The molecule has 1 N–H and O–H groups in total. The minimum atomic E-state index is -0.319. The average Bonchev–Trinajstić information content (AvgIpc) is 3.18. The van der Waals surface area contributed by atoms with Gasteiger partial charge in [-0.1, -0.05) is 54.6 Å². The number of hydrogen-bond acceptors (Lipinski definition) is 4. The lowest BCUT2D eigenvalue weighted by atomic mass is 9.99. The maximum Gasteiger partial charge on any atom is 0.235 e. The molecule has 0 fully saturated rings. The lowest BCUT2D eigenvalue weighted by Crippen LogP contribution is -2.29. The summed E-state index contributed by atoms with van der Waals surface area (Å²) < 4.78 is 5.88. The van der Waals surface area contributed by atoms with Gasteiger partial charge < -0.3 is 10.1 Å². The van der Waals surface area contributed by atoms with E-state index in [4.69, 9.17) is 14.7 Å². The number of ether oxygens (including phenoxy) is 1. The first kappa shape index (κ1) is 18.2. The SMILES string of the molecule is CC(C)(Nc1ccccc1)c1cccc(C2=NC(Cc3ccccc3)CO2)n1. The van der Waals surface area contributed by atoms with Crippen molar-refractivity contribution in [1.29, 1.82) is 0 Å². The van der Waals surface area contributed by atoms with Crippen molar-refractivity contribution in [2.75, 3.05) is 11.9 Å². The molecule has 0 spiro atoms. The third-order valence-corrected chi connectivity index (χ3v) is 4.87. The lowest BCUT2D eigenvalue weighted by Gasteiger charge is -2.27. The van der Waals surface area contributed by atoms with E-state index in [9.17, 15) is 0 Å². The zero-order valence-electron chi connectivity index (χ0n) is 16.3. The van der Waals surface area contributed by atoms with Gasteiger partial charge in [0, 0.05) is 5.69 Å². The fraction of sp³-hybridized carbons (Fsp3) is 0.250. The van der Waals surface area contributed by atoms with Crippen LogP contribution < -0.4 is 5.32 Å². The Hall–Kier alpha value is -3.14. The highest BCUT2D eigenvalue weighted by Crippen LogP contribution is 2.25. The highest BCUT2D eigenvalue weighted by atomic mass is 16.5. The molecule has 0 aliphatic carbocycles. The van der Waals surface area contributed by atoms with E-state index < -0.39 is 0 Å². The predicted octanol–water partition coefficient (Wildman–Crippen LogP) is 4.82. The summed E-state index contributed by atoms with van der Waals surface area (Å²) in [5.74, 6) is 0.637. The first-order chi connectivity index (χ1) is 13.6. The second-order valence-corrected chi connectivity index (χ2v) is 7.61. The molecular formula is C24H25N3O. The lowest BCUT2D eigenvalue weighted by molar-refractivity contribution is 0.316. The van der Waals surface area contributed by atoms with E-state index in [0.29, 0.717) is 12.5 Å². The van der Waals surface area contributed by atoms with Crippen LogP contribution >= 0.6 is 0 Å². The molecule has 1 unspecified atom stereocenters. The molecule has 3 aromatic rings. The van der Waals surface area contributed by atoms with Gasteiger partial charge in [-0.25, -0.2) is 9.98 Å². The fourth-order valence-electron chi connectivity index (χ4n) is 3.39. The molecule has 28 heavy (non-hydrogen) atoms. The zero-order valence-corrected chi connectivity index (χ0v) is 16.3. The average molecular weight is 371 g/mol. The Balaban J connectivity index is 1.51. The maximum absolute atomic E-state index is 5.88. The first-order valence-electron chi connectivity index (χ1n) is 9.66. The van der Waals surface area contributed by atoms with Crippen molar-refractivity contribution in [2.24, 2.45) is 4.99 Å². The molecule has 0 amide bonds. The molecule has 142 valence electrons. The Morgan fingerprint density at radius 2 is 1.64 bits per heavy atom. The molecule has 4 nitrogen and oxygen atoms in total. The van der Waals surface area contributed by atoms with E-state index in [1.165, 1.54) is 5.56 Å². The first-order valence-corrected chi connectivity index (χ1v) is 9.66. The molecule has 0 saturated carbocycles. The van der Waals surface area contributed by atoms with Crippen LogP contribution in [0, 0.1) is 0 Å². The van der Waals surface area contributed by atoms with Gasteiger partial charge in [0.05, 0.1) is 17.3 Å². The van der Waals surface area contributed by atoms with Gasteiger partial charge in [0.1, 0.15) is 12.3 Å². The summed E-state index contributed by atoms with van der Waals surface area (Å²) in [5, 5.41) is 3.55. The summed E-state index contributed by atoms with van der Waals surface area (Å²) in [6.45, 7) is 4.85. The molecule has 1 atom stereocenters. The van der Waals surface area contributed by atoms with Crippen LogP contribution in [0.1, 0.15) is 30.8 Å². The molecule has 4 rings (SSSR count). The van der Waals surface area contributed by atoms with Gasteiger partial charge in [-0.15, -0.1) is 0 Å². The number of aliphatic imine (C=N–C) groups is 1. The Labute approximate surface area is 166 Å². The summed E-state index contributed by atoms with van der Waals surface area (Å²) in [5.41, 5.74) is 3.76. The number of para-hydroxylation sites is 1. The van der Waals surface area contributed by atoms with Crippen molar-refractivity contribution in [3.8, 4) is 0 Å². The van der Waals surface area contributed by atoms with Crippen LogP contribution in [0.15, 0.2) is 83.9 Å². The number of nitrogens with zero attached hydrogens (tertiary/aromatic N) is 2. The van der Waals surface area contributed by atoms with Crippen molar-refractivity contribution < 1.29 is 4.74 Å². The number of rotatable bonds is 6. The Morgan fingerprint density at radius 3 is 2.39 bits per heavy atom. The highest BCUT2D eigenvalue weighted by molar-refractivity contribution is 5.93. The quantitative estimate of drug-likeness (QED) is 0.676. The highest BCUT2D eigenvalue weighted by Gasteiger charge is 2.25. The van der Waals surface area contributed by atoms with Crippen LogP contribution in [0.3, 0.4) is 0 Å². The number of hydrogen-bond donors (Lipinski definition) is 1. The fourth-order valence-corrected chi connectivity index (χ4v) is 3.39. The minimum Gasteiger partial charge on any atom is -0.474 e. The maximum atomic E-state index is 5.88. The number of nitrogens with one attached hydrogen (secondary N) is 1. The van der Waals surface area contributed by atoms with Crippen molar-refractivity contribution >= 4 is 11.6 Å². The summed E-state index contributed by atoms with van der Waals surface area (Å²) in [4.78, 5) is 9.62. The smallest absolute Gasteiger partial charge is 0.235 e. The van der Waals surface area contributed by atoms with Gasteiger partial charge in [-0.3, -0.25) is 0 Å². The van der Waals surface area contributed by atoms with E-state index in [1.807, 2.05) is 42.5 Å². The monoisotopic (exact) mass is 371 g/mol. The van der Waals surface area contributed by atoms with E-state index in [1.54, 1.807) is 0 Å². The molecular weight excluding hydrogens is 346 g/mol. The normalized spacial score (nSPS) is 16.4. The molecule has 2 heterocycles. The Kier molecular flexibility index (Phi) is 5.11. The largest absolute Gasteiger partial charge is 0.474 e. The second-order valence-electron chi connectivity index (χ2n) is 7.61. The molecule has 2 aromatic carbocycles. The van der Waals surface area contributed by atoms with E-state index >= 15 is 0 Å². The number of benzene rings is 2. The predicted molar refractivity (Wildman–Crippen MR) is 114 cm³/mol. The van der Waals surface area contributed by atoms with Crippen LogP contribution in [0.2, 0.25) is 0 Å². The standard InChI is InChI=1S/C24H25N3O/c1-24(2,27-19-12-7-4-8-13-19)22-15-9-14-21(26-22)23-25-20(17-28-23)16-18-10-5-3-6-11-18/h3-15,20,27H,16-17H2,1-2H3. The Bertz CT molecular complexity index is 952. The second kappa shape index (κ2) is 7.85. The molecule has 1 aliphatic rings. The van der Waals surface area contributed by atoms with Crippen molar-refractivity contribution in [2.45, 2.75) is 31.8 Å². The Morgan fingerprint density at radius 1 is 0.929 bits per heavy atom. The summed E-state index contributed by atoms with van der Waals surface area (Å²) >= 11 is 0. The van der Waals surface area contributed by atoms with Gasteiger partial charge in [-0.2, -0.15) is 0 Å². The van der Waals surface area contributed by atoms with Crippen LogP contribution in [-0.2, 0) is 16.7 Å². The van der Waals surface area contributed by atoms with E-state index in [-0.39, 0.29) is 11.6 Å². The van der Waals surface area contributed by atoms with E-state index in [2.05, 4.69) is 55.6 Å². The number of aromatic nitrogens is 1. The summed E-state index contributed by atoms with van der Waals surface area (Å²) in [7, 11) is 0. The number of pyridine rings is 1. The van der Waals surface area contributed by atoms with Gasteiger partial charge >= 0.3 is 0 Å². The van der Waals surface area contributed by atoms with Gasteiger partial charge in [0.2, 0.25) is 5.90 Å². The molecule has 1 aliphatic heterocycles. The van der Waals surface area contributed by atoms with Gasteiger partial charge in [0.25, 0.3) is 0 Å². The van der Waals surface area contributed by atoms with Crippen LogP contribution in [0.4, 0.5) is 5.69 Å². The third-order valence-electron chi connectivity index (χ3n) is 4.87. The van der Waals surface area contributed by atoms with Crippen LogP contribution in [0.5, 0.6) is 0 Å². The van der Waals surface area contributed by atoms with Gasteiger partial charge in [0.15, 0.2) is 0 Å². The van der Waals surface area contributed by atoms with Crippen molar-refractivity contribution in [1.82, 2.24) is 4.98 Å². The third kappa shape index (κ3) is 4.22. The summed E-state index contributed by atoms with van der Waals surface area (Å²) in [6.07, 6.45) is 0.880. The van der Waals surface area contributed by atoms with Crippen molar-refractivity contribution in [3.05, 3.63) is 95.8 Å². The summed E-state index contributed by atoms with van der Waals surface area (Å²) in [6, 6.07) is 26.7. The molecule has 0 bridgehead atoms. The van der Waals surface area contributed by atoms with E-state index in [0.717, 1.165) is 23.5 Å². The topological polar surface area (TPSA) is 46.5 Å². The minimum absolute atomic E-state index is 0.137. The molecule has 0 radical (unpaired) electrons. The zero-order chi connectivity index (χ0) is 19.4. The van der Waals surface area contributed by atoms with Crippen LogP contribution in [0.25, 0.3) is 0 Å². The van der Waals surface area contributed by atoms with Crippen LogP contribution in [-0.4, -0.2) is 23.5 Å². The molecule has 1 aromatic heterocycles. The van der Waals surface area contributed by atoms with Gasteiger partial charge in [-0.05, 0) is 50.1 Å². The number of anilines is 1. The van der Waals surface area contributed by atoms with Crippen molar-refractivity contribution in [3.63, 3.8) is 0 Å². The molecule has 4 heteroatoms.